The Morgan fingerprint density at radius 3 is 2.50 bits per heavy atom. The van der Waals surface area contributed by atoms with E-state index in [-0.39, 0.29) is 29.3 Å². The fourth-order valence-corrected chi connectivity index (χ4v) is 3.88. The molecule has 0 radical (unpaired) electrons. The minimum Gasteiger partial charge on any atom is -0.353 e. The Kier molecular flexibility index (Phi) is 6.52. The van der Waals surface area contributed by atoms with Gasteiger partial charge in [0.15, 0.2) is 5.16 Å². The fraction of sp³-hybridized carbons (Fsp3) is 0.318. The van der Waals surface area contributed by atoms with Crippen LogP contribution in [0.3, 0.4) is 0 Å². The standard InChI is InChI=1S/C22H25N3O2S/c1-4-15(2)23-20(26)14-28-22-24-19-13-9-8-12-18(19)21(27)25(22)16(3)17-10-6-5-7-11-17/h5-13,15-16H,4,14H2,1-3H3,(H,23,26)/t15-,16+/m0/s1. The third-order valence-electron chi connectivity index (χ3n) is 4.80. The Morgan fingerprint density at radius 2 is 1.79 bits per heavy atom. The van der Waals surface area contributed by atoms with Crippen LogP contribution in [0.2, 0.25) is 0 Å². The highest BCUT2D eigenvalue weighted by Crippen LogP contribution is 2.24. The second-order valence-electron chi connectivity index (χ2n) is 6.84. The van der Waals surface area contributed by atoms with Crippen LogP contribution in [-0.4, -0.2) is 27.3 Å². The summed E-state index contributed by atoms with van der Waals surface area (Å²) in [6, 6.07) is 17.1. The molecule has 0 aliphatic carbocycles. The highest BCUT2D eigenvalue weighted by molar-refractivity contribution is 7.99. The van der Waals surface area contributed by atoms with E-state index < -0.39 is 0 Å². The Labute approximate surface area is 169 Å². The van der Waals surface area contributed by atoms with Gasteiger partial charge in [-0.1, -0.05) is 61.2 Å². The number of carbonyl (C=O) groups is 1. The number of amides is 1. The molecular weight excluding hydrogens is 370 g/mol. The van der Waals surface area contributed by atoms with Gasteiger partial charge in [0.1, 0.15) is 0 Å². The van der Waals surface area contributed by atoms with Gasteiger partial charge in [-0.05, 0) is 38.0 Å². The summed E-state index contributed by atoms with van der Waals surface area (Å²) in [4.78, 5) is 30.2. The highest BCUT2D eigenvalue weighted by atomic mass is 32.2. The minimum atomic E-state index is -0.189. The maximum absolute atomic E-state index is 13.2. The van der Waals surface area contributed by atoms with Crippen molar-refractivity contribution in [2.75, 3.05) is 5.75 Å². The summed E-state index contributed by atoms with van der Waals surface area (Å²) in [7, 11) is 0. The van der Waals surface area contributed by atoms with Crippen LogP contribution < -0.4 is 10.9 Å². The first-order valence-electron chi connectivity index (χ1n) is 9.49. The lowest BCUT2D eigenvalue weighted by Crippen LogP contribution is -2.33. The second kappa shape index (κ2) is 9.06. The van der Waals surface area contributed by atoms with Crippen molar-refractivity contribution in [1.82, 2.24) is 14.9 Å². The number of thioether (sulfide) groups is 1. The quantitative estimate of drug-likeness (QED) is 0.485. The average molecular weight is 396 g/mol. The maximum Gasteiger partial charge on any atom is 0.262 e. The number of carbonyl (C=O) groups excluding carboxylic acids is 1. The summed E-state index contributed by atoms with van der Waals surface area (Å²) in [6.45, 7) is 5.99. The predicted molar refractivity (Wildman–Crippen MR) is 115 cm³/mol. The molecule has 146 valence electrons. The number of para-hydroxylation sites is 1. The van der Waals surface area contributed by atoms with Gasteiger partial charge in [0, 0.05) is 6.04 Å². The summed E-state index contributed by atoms with van der Waals surface area (Å²) in [6.07, 6.45) is 0.875. The van der Waals surface area contributed by atoms with Gasteiger partial charge >= 0.3 is 0 Å². The lowest BCUT2D eigenvalue weighted by atomic mass is 10.1. The van der Waals surface area contributed by atoms with Crippen LogP contribution in [0.15, 0.2) is 64.5 Å². The molecule has 1 aromatic heterocycles. The zero-order valence-corrected chi connectivity index (χ0v) is 17.2. The van der Waals surface area contributed by atoms with E-state index in [9.17, 15) is 9.59 Å². The van der Waals surface area contributed by atoms with E-state index in [1.807, 2.05) is 69.3 Å². The molecule has 2 atom stereocenters. The van der Waals surface area contributed by atoms with E-state index in [1.165, 1.54) is 11.8 Å². The van der Waals surface area contributed by atoms with Crippen molar-refractivity contribution in [3.8, 4) is 0 Å². The molecule has 5 nitrogen and oxygen atoms in total. The number of benzene rings is 2. The molecular formula is C22H25N3O2S. The molecule has 1 amide bonds. The first kappa shape index (κ1) is 20.1. The molecule has 2 aromatic carbocycles. The van der Waals surface area contributed by atoms with Crippen molar-refractivity contribution in [3.05, 3.63) is 70.5 Å². The Hall–Kier alpha value is -2.60. The Bertz CT molecular complexity index is 1020. The number of aromatic nitrogens is 2. The molecule has 28 heavy (non-hydrogen) atoms. The van der Waals surface area contributed by atoms with E-state index in [1.54, 1.807) is 10.6 Å². The third-order valence-corrected chi connectivity index (χ3v) is 5.75. The van der Waals surface area contributed by atoms with Gasteiger partial charge in [0.25, 0.3) is 5.56 Å². The predicted octanol–water partition coefficient (Wildman–Crippen LogP) is 4.01. The molecule has 0 saturated heterocycles. The first-order valence-corrected chi connectivity index (χ1v) is 10.5. The van der Waals surface area contributed by atoms with Gasteiger partial charge in [0.2, 0.25) is 5.91 Å². The van der Waals surface area contributed by atoms with Gasteiger partial charge in [-0.3, -0.25) is 14.2 Å². The van der Waals surface area contributed by atoms with Crippen LogP contribution in [0.4, 0.5) is 0 Å². The van der Waals surface area contributed by atoms with Crippen LogP contribution in [-0.2, 0) is 4.79 Å². The van der Waals surface area contributed by atoms with Crippen molar-refractivity contribution < 1.29 is 4.79 Å². The largest absolute Gasteiger partial charge is 0.353 e. The summed E-state index contributed by atoms with van der Waals surface area (Å²) in [5, 5.41) is 4.09. The monoisotopic (exact) mass is 395 g/mol. The summed E-state index contributed by atoms with van der Waals surface area (Å²) >= 11 is 1.30. The molecule has 6 heteroatoms. The average Bonchev–Trinajstić information content (AvgIpc) is 2.72. The fourth-order valence-electron chi connectivity index (χ4n) is 3.00. The molecule has 0 spiro atoms. The number of hydrogen-bond acceptors (Lipinski definition) is 4. The zero-order valence-electron chi connectivity index (χ0n) is 16.4. The van der Waals surface area contributed by atoms with Gasteiger partial charge < -0.3 is 5.32 Å². The van der Waals surface area contributed by atoms with Crippen LogP contribution in [0.25, 0.3) is 10.9 Å². The molecule has 0 saturated carbocycles. The molecule has 0 aliphatic rings. The lowest BCUT2D eigenvalue weighted by Gasteiger charge is -2.20. The van der Waals surface area contributed by atoms with Crippen molar-refractivity contribution in [1.29, 1.82) is 0 Å². The van der Waals surface area contributed by atoms with E-state index in [0.717, 1.165) is 12.0 Å². The number of rotatable bonds is 7. The van der Waals surface area contributed by atoms with E-state index >= 15 is 0 Å². The smallest absolute Gasteiger partial charge is 0.262 e. The molecule has 0 bridgehead atoms. The summed E-state index contributed by atoms with van der Waals surface area (Å²) < 4.78 is 1.69. The maximum atomic E-state index is 13.2. The summed E-state index contributed by atoms with van der Waals surface area (Å²) in [5.74, 6) is 0.164. The molecule has 3 aromatic rings. The highest BCUT2D eigenvalue weighted by Gasteiger charge is 2.19. The number of nitrogens with one attached hydrogen (secondary N) is 1. The van der Waals surface area contributed by atoms with E-state index in [2.05, 4.69) is 5.32 Å². The van der Waals surface area contributed by atoms with Crippen LogP contribution in [0.5, 0.6) is 0 Å². The van der Waals surface area contributed by atoms with Gasteiger partial charge in [-0.25, -0.2) is 4.98 Å². The van der Waals surface area contributed by atoms with Gasteiger partial charge in [0.05, 0.1) is 22.7 Å². The summed E-state index contributed by atoms with van der Waals surface area (Å²) in [5.41, 5.74) is 1.58. The SMILES string of the molecule is CC[C@H](C)NC(=O)CSc1nc2ccccc2c(=O)n1[C@H](C)c1ccccc1. The molecule has 0 aliphatic heterocycles. The topological polar surface area (TPSA) is 64.0 Å². The first-order chi connectivity index (χ1) is 13.5. The van der Waals surface area contributed by atoms with Crippen LogP contribution in [0, 0.1) is 0 Å². The van der Waals surface area contributed by atoms with Gasteiger partial charge in [-0.15, -0.1) is 0 Å². The van der Waals surface area contributed by atoms with E-state index in [0.29, 0.717) is 16.1 Å². The molecule has 1 heterocycles. The van der Waals surface area contributed by atoms with E-state index in [4.69, 9.17) is 4.98 Å². The number of hydrogen-bond donors (Lipinski definition) is 1. The van der Waals surface area contributed by atoms with Gasteiger partial charge in [-0.2, -0.15) is 0 Å². The Morgan fingerprint density at radius 1 is 1.11 bits per heavy atom. The van der Waals surface area contributed by atoms with Crippen molar-refractivity contribution in [3.63, 3.8) is 0 Å². The molecule has 0 fully saturated rings. The third kappa shape index (κ3) is 4.44. The molecule has 3 rings (SSSR count). The normalized spacial score (nSPS) is 13.2. The van der Waals surface area contributed by atoms with Crippen LogP contribution in [0.1, 0.15) is 38.8 Å². The molecule has 0 unspecified atom stereocenters. The Balaban J connectivity index is 2.00. The van der Waals surface area contributed by atoms with Crippen molar-refractivity contribution >= 4 is 28.6 Å². The number of fused-ring (bicyclic) bond motifs is 1. The number of nitrogens with zero attached hydrogens (tertiary/aromatic N) is 2. The minimum absolute atomic E-state index is 0.0549. The molecule has 1 N–H and O–H groups in total. The van der Waals surface area contributed by atoms with Crippen LogP contribution >= 0.6 is 11.8 Å². The lowest BCUT2D eigenvalue weighted by molar-refractivity contribution is -0.119. The second-order valence-corrected chi connectivity index (χ2v) is 7.78. The zero-order chi connectivity index (χ0) is 20.1. The van der Waals surface area contributed by atoms with Crippen molar-refractivity contribution in [2.24, 2.45) is 0 Å². The van der Waals surface area contributed by atoms with Crippen molar-refractivity contribution in [2.45, 2.75) is 44.4 Å².